The molecule has 1 aromatic carbocycles. The minimum atomic E-state index is -1.93. The van der Waals surface area contributed by atoms with Crippen LogP contribution in [-0.2, 0) is 27.0 Å². The summed E-state index contributed by atoms with van der Waals surface area (Å²) >= 11 is 0. The van der Waals surface area contributed by atoms with Crippen LogP contribution in [0.5, 0.6) is 11.5 Å². The molecule has 0 amide bonds. The second kappa shape index (κ2) is 8.69. The molecule has 0 spiro atoms. The number of ether oxygens (including phenoxy) is 3. The Morgan fingerprint density at radius 1 is 1.12 bits per heavy atom. The topological polar surface area (TPSA) is 74.2 Å². The van der Waals surface area contributed by atoms with E-state index in [2.05, 4.69) is 33.9 Å². The first kappa shape index (κ1) is 21.5. The van der Waals surface area contributed by atoms with Crippen LogP contribution in [-0.4, -0.2) is 40.4 Å². The number of hydrogen-bond donors (Lipinski definition) is 1. The molecule has 0 aliphatic rings. The van der Waals surface area contributed by atoms with Crippen molar-refractivity contribution in [2.24, 2.45) is 0 Å². The Morgan fingerprint density at radius 3 is 2.24 bits per heavy atom. The quantitative estimate of drug-likeness (QED) is 0.526. The van der Waals surface area contributed by atoms with E-state index in [1.54, 1.807) is 19.2 Å². The maximum absolute atomic E-state index is 11.2. The summed E-state index contributed by atoms with van der Waals surface area (Å²) in [6.07, 6.45) is -0.143. The molecule has 0 bridgehead atoms. The predicted molar refractivity (Wildman–Crippen MR) is 98.8 cm³/mol. The fourth-order valence-corrected chi connectivity index (χ4v) is 2.94. The minimum Gasteiger partial charge on any atom is -0.496 e. The molecule has 0 saturated carbocycles. The lowest BCUT2D eigenvalue weighted by molar-refractivity contribution is -0.136. The third kappa shape index (κ3) is 6.02. The molecule has 0 radical (unpaired) electrons. The average Bonchev–Trinajstić information content (AvgIpc) is 2.50. The Labute approximate surface area is 151 Å². The number of benzene rings is 1. The molecule has 0 aromatic heterocycles. The van der Waals surface area contributed by atoms with E-state index >= 15 is 0 Å². The number of rotatable bonds is 9. The second-order valence-electron chi connectivity index (χ2n) is 7.44. The molecule has 1 N–H and O–H groups in total. The highest BCUT2D eigenvalue weighted by molar-refractivity contribution is 6.74. The Morgan fingerprint density at radius 2 is 1.76 bits per heavy atom. The lowest BCUT2D eigenvalue weighted by Crippen LogP contribution is -2.40. The van der Waals surface area contributed by atoms with E-state index < -0.39 is 14.3 Å². The van der Waals surface area contributed by atoms with E-state index in [0.29, 0.717) is 23.7 Å². The van der Waals surface area contributed by atoms with Crippen molar-refractivity contribution in [2.45, 2.75) is 51.9 Å². The van der Waals surface area contributed by atoms with E-state index in [1.165, 1.54) is 7.11 Å². The molecule has 0 unspecified atom stereocenters. The van der Waals surface area contributed by atoms with Gasteiger partial charge >= 0.3 is 5.97 Å². The summed E-state index contributed by atoms with van der Waals surface area (Å²) in [6.45, 7) is 11.3. The number of carboxylic acid groups (broad SMARTS) is 1. The van der Waals surface area contributed by atoms with Crippen molar-refractivity contribution in [3.8, 4) is 11.5 Å². The molecule has 0 fully saturated rings. The first-order valence-electron chi connectivity index (χ1n) is 8.19. The maximum atomic E-state index is 11.2. The molecule has 0 heterocycles. The summed E-state index contributed by atoms with van der Waals surface area (Å²) in [5, 5.41) is 9.25. The van der Waals surface area contributed by atoms with E-state index in [4.69, 9.17) is 23.7 Å². The predicted octanol–water partition coefficient (Wildman–Crippen LogP) is 3.83. The summed E-state index contributed by atoms with van der Waals surface area (Å²) in [7, 11) is 1.15. The van der Waals surface area contributed by atoms with Gasteiger partial charge in [0, 0.05) is 24.3 Å². The van der Waals surface area contributed by atoms with Crippen molar-refractivity contribution < 1.29 is 28.5 Å². The van der Waals surface area contributed by atoms with Gasteiger partial charge in [0.25, 0.3) is 0 Å². The summed E-state index contributed by atoms with van der Waals surface area (Å²) in [5.74, 6) is 0.125. The third-order valence-corrected chi connectivity index (χ3v) is 9.01. The van der Waals surface area contributed by atoms with Gasteiger partial charge in [-0.2, -0.15) is 0 Å². The highest BCUT2D eigenvalue weighted by atomic mass is 28.4. The Bertz CT molecular complexity index is 592. The van der Waals surface area contributed by atoms with Gasteiger partial charge in [-0.05, 0) is 24.2 Å². The highest BCUT2D eigenvalue weighted by Crippen LogP contribution is 2.38. The minimum absolute atomic E-state index is 0.0373. The molecular weight excluding hydrogens is 340 g/mol. The molecule has 25 heavy (non-hydrogen) atoms. The van der Waals surface area contributed by atoms with Crippen LogP contribution in [0.4, 0.5) is 0 Å². The monoisotopic (exact) mass is 370 g/mol. The fraction of sp³-hybridized carbons (Fsp3) is 0.611. The second-order valence-corrected chi connectivity index (χ2v) is 12.3. The van der Waals surface area contributed by atoms with Crippen molar-refractivity contribution >= 4 is 14.3 Å². The smallest absolute Gasteiger partial charge is 0.307 e. The zero-order chi connectivity index (χ0) is 19.3. The molecule has 1 aromatic rings. The van der Waals surface area contributed by atoms with Crippen LogP contribution in [0.1, 0.15) is 31.9 Å². The van der Waals surface area contributed by atoms with Crippen molar-refractivity contribution in [1.82, 2.24) is 0 Å². The normalized spacial score (nSPS) is 12.1. The molecule has 142 valence electrons. The zero-order valence-corrected chi connectivity index (χ0v) is 17.3. The Balaban J connectivity index is 3.14. The van der Waals surface area contributed by atoms with E-state index in [0.717, 1.165) is 5.56 Å². The summed E-state index contributed by atoms with van der Waals surface area (Å²) < 4.78 is 22.1. The maximum Gasteiger partial charge on any atom is 0.307 e. The van der Waals surface area contributed by atoms with Crippen LogP contribution >= 0.6 is 0 Å². The zero-order valence-electron chi connectivity index (χ0n) is 16.3. The molecule has 7 heteroatoms. The fourth-order valence-electron chi connectivity index (χ4n) is 1.99. The third-order valence-electron chi connectivity index (χ3n) is 4.53. The number of carbonyl (C=O) groups is 1. The largest absolute Gasteiger partial charge is 0.496 e. The van der Waals surface area contributed by atoms with Gasteiger partial charge in [0.05, 0.1) is 20.1 Å². The SMILES string of the molecule is COCOc1cc(OC)c(CO[Si](C)(C)C(C)(C)C)cc1CC(=O)O. The van der Waals surface area contributed by atoms with Gasteiger partial charge in [-0.25, -0.2) is 0 Å². The lowest BCUT2D eigenvalue weighted by Gasteiger charge is -2.36. The van der Waals surface area contributed by atoms with Crippen LogP contribution < -0.4 is 9.47 Å². The molecule has 0 saturated heterocycles. The lowest BCUT2D eigenvalue weighted by atomic mass is 10.1. The Kier molecular flexibility index (Phi) is 7.46. The van der Waals surface area contributed by atoms with Crippen LogP contribution in [0, 0.1) is 0 Å². The molecule has 1 rings (SSSR count). The Hall–Kier alpha value is -1.57. The van der Waals surface area contributed by atoms with Crippen LogP contribution in [0.3, 0.4) is 0 Å². The van der Waals surface area contributed by atoms with E-state index in [-0.39, 0.29) is 18.3 Å². The average molecular weight is 371 g/mol. The van der Waals surface area contributed by atoms with Gasteiger partial charge in [0.15, 0.2) is 15.1 Å². The number of carboxylic acids is 1. The van der Waals surface area contributed by atoms with Gasteiger partial charge in [0.1, 0.15) is 11.5 Å². The summed E-state index contributed by atoms with van der Waals surface area (Å²) in [4.78, 5) is 11.2. The molecule has 0 aliphatic carbocycles. The van der Waals surface area contributed by atoms with Gasteiger partial charge in [0.2, 0.25) is 0 Å². The van der Waals surface area contributed by atoms with Crippen LogP contribution in [0.15, 0.2) is 12.1 Å². The van der Waals surface area contributed by atoms with Crippen LogP contribution in [0.2, 0.25) is 18.1 Å². The molecule has 0 aliphatic heterocycles. The van der Waals surface area contributed by atoms with Crippen molar-refractivity contribution in [3.05, 3.63) is 23.3 Å². The van der Waals surface area contributed by atoms with Gasteiger partial charge in [-0.3, -0.25) is 4.79 Å². The summed E-state index contributed by atoms with van der Waals surface area (Å²) in [6, 6.07) is 3.48. The molecule has 6 nitrogen and oxygen atoms in total. The molecular formula is C18H30O6Si. The standard InChI is InChI=1S/C18H30O6Si/c1-18(2,3)25(6,7)24-11-14-8-13(9-17(19)20)16(23-12-21-4)10-15(14)22-5/h8,10H,9,11-12H2,1-7H3,(H,19,20). The number of aliphatic carboxylic acids is 1. The van der Waals surface area contributed by atoms with Crippen molar-refractivity contribution in [1.29, 1.82) is 0 Å². The van der Waals surface area contributed by atoms with Crippen molar-refractivity contribution in [2.75, 3.05) is 21.0 Å². The van der Waals surface area contributed by atoms with Crippen LogP contribution in [0.25, 0.3) is 0 Å². The number of hydrogen-bond acceptors (Lipinski definition) is 5. The number of methoxy groups -OCH3 is 2. The first-order chi connectivity index (χ1) is 11.5. The van der Waals surface area contributed by atoms with E-state index in [9.17, 15) is 4.79 Å². The van der Waals surface area contributed by atoms with Gasteiger partial charge in [-0.1, -0.05) is 20.8 Å². The van der Waals surface area contributed by atoms with Gasteiger partial charge in [-0.15, -0.1) is 0 Å². The van der Waals surface area contributed by atoms with Crippen molar-refractivity contribution in [3.63, 3.8) is 0 Å². The highest BCUT2D eigenvalue weighted by Gasteiger charge is 2.37. The summed E-state index contributed by atoms with van der Waals surface area (Å²) in [5.41, 5.74) is 1.38. The van der Waals surface area contributed by atoms with Gasteiger partial charge < -0.3 is 23.7 Å². The first-order valence-corrected chi connectivity index (χ1v) is 11.1. The van der Waals surface area contributed by atoms with E-state index in [1.807, 2.05) is 0 Å². The molecule has 0 atom stereocenters.